The largest absolute Gasteiger partial charge is 0.476 e. The third-order valence-corrected chi connectivity index (χ3v) is 5.21. The molecule has 4 rings (SSSR count). The van der Waals surface area contributed by atoms with Crippen LogP contribution in [0.2, 0.25) is 0 Å². The van der Waals surface area contributed by atoms with E-state index in [4.69, 9.17) is 10.5 Å². The molecule has 0 atom stereocenters. The lowest BCUT2D eigenvalue weighted by Crippen LogP contribution is -2.60. The minimum atomic E-state index is -1.11. The molecule has 3 fully saturated rings. The van der Waals surface area contributed by atoms with Crippen molar-refractivity contribution in [1.29, 1.82) is 0 Å². The van der Waals surface area contributed by atoms with Crippen molar-refractivity contribution in [3.63, 3.8) is 0 Å². The summed E-state index contributed by atoms with van der Waals surface area (Å²) in [5.74, 6) is -0.0591. The number of carbonyl (C=O) groups excluding carboxylic acids is 2. The molecule has 0 radical (unpaired) electrons. The van der Waals surface area contributed by atoms with E-state index in [-0.39, 0.29) is 18.2 Å². The van der Waals surface area contributed by atoms with Crippen LogP contribution in [-0.4, -0.2) is 48.7 Å². The Morgan fingerprint density at radius 3 is 2.65 bits per heavy atom. The van der Waals surface area contributed by atoms with Gasteiger partial charge in [0.05, 0.1) is 26.2 Å². The predicted molar refractivity (Wildman–Crippen MR) is 92.8 cm³/mol. The highest BCUT2D eigenvalue weighted by molar-refractivity contribution is 5.95. The molecule has 0 bridgehead atoms. The first kappa shape index (κ1) is 17.1. The second kappa shape index (κ2) is 6.41. The van der Waals surface area contributed by atoms with Gasteiger partial charge in [0.25, 0.3) is 5.91 Å². The Morgan fingerprint density at radius 2 is 2.04 bits per heavy atom. The van der Waals surface area contributed by atoms with Crippen LogP contribution < -0.4 is 20.7 Å². The van der Waals surface area contributed by atoms with Crippen LogP contribution in [0.5, 0.6) is 5.88 Å². The monoisotopic (exact) mass is 362 g/mol. The molecule has 3 aliphatic rings. The fourth-order valence-electron chi connectivity index (χ4n) is 3.26. The van der Waals surface area contributed by atoms with E-state index in [1.54, 1.807) is 12.1 Å². The van der Waals surface area contributed by atoms with E-state index in [0.717, 1.165) is 25.7 Å². The van der Waals surface area contributed by atoms with Crippen LogP contribution in [0, 0.1) is 11.8 Å². The number of carbonyl (C=O) groups is 2. The van der Waals surface area contributed by atoms with Gasteiger partial charge in [-0.1, -0.05) is 0 Å². The predicted octanol–water partition coefficient (Wildman–Crippen LogP) is 1.02. The first-order chi connectivity index (χ1) is 12.4. The van der Waals surface area contributed by atoms with Crippen LogP contribution in [0.25, 0.3) is 0 Å². The highest BCUT2D eigenvalue weighted by Crippen LogP contribution is 2.49. The Morgan fingerprint density at radius 1 is 1.31 bits per heavy atom. The smallest absolute Gasteiger partial charge is 0.270 e. The van der Waals surface area contributed by atoms with Gasteiger partial charge in [-0.2, -0.15) is 0 Å². The lowest BCUT2D eigenvalue weighted by Gasteiger charge is -2.46. The summed E-state index contributed by atoms with van der Waals surface area (Å²) >= 11 is 0. The topological polar surface area (TPSA) is 97.5 Å². The molecule has 0 aromatic carbocycles. The third-order valence-electron chi connectivity index (χ3n) is 5.21. The lowest BCUT2D eigenvalue weighted by atomic mass is 9.90. The van der Waals surface area contributed by atoms with E-state index >= 15 is 0 Å². The van der Waals surface area contributed by atoms with Crippen molar-refractivity contribution in [2.75, 3.05) is 31.1 Å². The summed E-state index contributed by atoms with van der Waals surface area (Å²) in [6, 6.07) is 3.30. The van der Waals surface area contributed by atoms with E-state index in [2.05, 4.69) is 10.3 Å². The number of alkyl halides is 1. The van der Waals surface area contributed by atoms with Crippen LogP contribution in [0.3, 0.4) is 0 Å². The highest BCUT2D eigenvalue weighted by Gasteiger charge is 2.54. The maximum absolute atomic E-state index is 14.7. The number of rotatable bonds is 8. The van der Waals surface area contributed by atoms with Crippen LogP contribution in [0.4, 0.5) is 10.1 Å². The van der Waals surface area contributed by atoms with Gasteiger partial charge in [-0.25, -0.2) is 9.37 Å². The zero-order chi connectivity index (χ0) is 18.3. The summed E-state index contributed by atoms with van der Waals surface area (Å²) in [5.41, 5.74) is 4.80. The quantitative estimate of drug-likeness (QED) is 0.720. The molecule has 1 saturated heterocycles. The van der Waals surface area contributed by atoms with Gasteiger partial charge in [-0.05, 0) is 49.7 Å². The molecule has 8 heteroatoms. The van der Waals surface area contributed by atoms with Gasteiger partial charge in [-0.3, -0.25) is 9.59 Å². The molecular weight excluding hydrogens is 339 g/mol. The molecule has 2 amide bonds. The summed E-state index contributed by atoms with van der Waals surface area (Å²) in [6.07, 6.45) is 4.19. The Bertz CT molecular complexity index is 727. The second-order valence-electron chi connectivity index (χ2n) is 7.59. The van der Waals surface area contributed by atoms with Gasteiger partial charge >= 0.3 is 0 Å². The zero-order valence-corrected chi connectivity index (χ0v) is 14.5. The summed E-state index contributed by atoms with van der Waals surface area (Å²) in [6.45, 7) is 0.973. The number of hydrogen-bond acceptors (Lipinski definition) is 5. The molecule has 1 aliphatic heterocycles. The van der Waals surface area contributed by atoms with Gasteiger partial charge in [0.1, 0.15) is 17.1 Å². The fourth-order valence-corrected chi connectivity index (χ4v) is 3.26. The first-order valence-corrected chi connectivity index (χ1v) is 9.09. The molecule has 140 valence electrons. The summed E-state index contributed by atoms with van der Waals surface area (Å²) in [4.78, 5) is 29.2. The Balaban J connectivity index is 1.48. The molecule has 0 unspecified atom stereocenters. The number of primary amides is 1. The number of nitrogens with one attached hydrogen (secondary N) is 1. The van der Waals surface area contributed by atoms with Crippen molar-refractivity contribution in [2.45, 2.75) is 31.4 Å². The highest BCUT2D eigenvalue weighted by atomic mass is 19.1. The molecule has 2 heterocycles. The van der Waals surface area contributed by atoms with E-state index in [1.165, 1.54) is 0 Å². The van der Waals surface area contributed by atoms with Gasteiger partial charge in [0, 0.05) is 0 Å². The van der Waals surface area contributed by atoms with E-state index in [1.807, 2.05) is 4.90 Å². The minimum Gasteiger partial charge on any atom is -0.476 e. The number of hydrogen-bond donors (Lipinski definition) is 2. The maximum Gasteiger partial charge on any atom is 0.270 e. The van der Waals surface area contributed by atoms with Gasteiger partial charge < -0.3 is 20.7 Å². The van der Waals surface area contributed by atoms with Crippen molar-refractivity contribution in [3.05, 3.63) is 17.8 Å². The number of anilines is 1. The molecule has 26 heavy (non-hydrogen) atoms. The Kier molecular flexibility index (Phi) is 4.20. The van der Waals surface area contributed by atoms with Crippen LogP contribution in [-0.2, 0) is 4.79 Å². The van der Waals surface area contributed by atoms with E-state index in [0.29, 0.717) is 37.2 Å². The molecule has 1 aromatic heterocycles. The Hall–Kier alpha value is -2.38. The zero-order valence-electron chi connectivity index (χ0n) is 14.5. The summed E-state index contributed by atoms with van der Waals surface area (Å²) in [7, 11) is 0. The van der Waals surface area contributed by atoms with Crippen molar-refractivity contribution >= 4 is 17.5 Å². The fraction of sp³-hybridized carbons (Fsp3) is 0.611. The van der Waals surface area contributed by atoms with Crippen LogP contribution in [0.15, 0.2) is 12.1 Å². The van der Waals surface area contributed by atoms with Crippen molar-refractivity contribution in [1.82, 2.24) is 10.3 Å². The lowest BCUT2D eigenvalue weighted by molar-refractivity contribution is -0.117. The number of nitrogens with two attached hydrogens (primary N) is 1. The third kappa shape index (κ3) is 3.59. The standard InChI is InChI=1S/C18H23FN4O3/c19-18(12-3-4-12)9-23(10-18)14-6-5-13(16(25)21-7-15(20)24)22-17(14)26-8-11-1-2-11/h5-6,11-12H,1-4,7-10H2,(H2,20,24)(H,21,25). The van der Waals surface area contributed by atoms with Crippen molar-refractivity contribution in [2.24, 2.45) is 17.6 Å². The molecule has 7 nitrogen and oxygen atoms in total. The number of nitrogens with zero attached hydrogens (tertiary/aromatic N) is 2. The number of pyridine rings is 1. The second-order valence-corrected chi connectivity index (χ2v) is 7.59. The van der Waals surface area contributed by atoms with Gasteiger partial charge in [0.15, 0.2) is 0 Å². The molecule has 2 saturated carbocycles. The Labute approximate surface area is 151 Å². The molecule has 2 aliphatic carbocycles. The van der Waals surface area contributed by atoms with E-state index < -0.39 is 17.5 Å². The van der Waals surface area contributed by atoms with Gasteiger partial charge in [0.2, 0.25) is 11.8 Å². The maximum atomic E-state index is 14.7. The number of aromatic nitrogens is 1. The molecular formula is C18H23FN4O3. The van der Waals surface area contributed by atoms with E-state index in [9.17, 15) is 14.0 Å². The summed E-state index contributed by atoms with van der Waals surface area (Å²) in [5, 5.41) is 2.41. The van der Waals surface area contributed by atoms with Crippen molar-refractivity contribution < 1.29 is 18.7 Å². The number of ether oxygens (including phenoxy) is 1. The SMILES string of the molecule is NC(=O)CNC(=O)c1ccc(N2CC(F)(C3CC3)C2)c(OCC2CC2)n1. The summed E-state index contributed by atoms with van der Waals surface area (Å²) < 4.78 is 20.5. The van der Waals surface area contributed by atoms with Gasteiger partial charge in [-0.15, -0.1) is 0 Å². The first-order valence-electron chi connectivity index (χ1n) is 9.09. The number of amides is 2. The average molecular weight is 362 g/mol. The van der Waals surface area contributed by atoms with Crippen LogP contribution in [0.1, 0.15) is 36.2 Å². The molecule has 1 aromatic rings. The average Bonchev–Trinajstić information content (AvgIpc) is 3.47. The number of halogens is 1. The molecule has 0 spiro atoms. The molecule has 3 N–H and O–H groups in total. The van der Waals surface area contributed by atoms with Crippen LogP contribution >= 0.6 is 0 Å². The van der Waals surface area contributed by atoms with Crippen molar-refractivity contribution in [3.8, 4) is 5.88 Å². The normalized spacial score (nSPS) is 21.0. The minimum absolute atomic E-state index is 0.148.